The minimum absolute atomic E-state index is 0.435. The fourth-order valence-electron chi connectivity index (χ4n) is 4.01. The molecule has 4 nitrogen and oxygen atoms in total. The Labute approximate surface area is 146 Å². The quantitative estimate of drug-likeness (QED) is 0.777. The Balaban J connectivity index is 1.95. The number of aromatic nitrogens is 1. The normalized spacial score (nSPS) is 16.6. The van der Waals surface area contributed by atoms with Crippen molar-refractivity contribution in [3.05, 3.63) is 65.4 Å². The molecule has 0 unspecified atom stereocenters. The van der Waals surface area contributed by atoms with E-state index in [9.17, 15) is 9.90 Å². The minimum Gasteiger partial charge on any atom is -0.497 e. The molecule has 3 aromatic rings. The van der Waals surface area contributed by atoms with E-state index in [4.69, 9.17) is 4.74 Å². The molecular formula is C21H21NO3. The molecule has 4 rings (SSSR count). The Morgan fingerprint density at radius 1 is 1.24 bits per heavy atom. The van der Waals surface area contributed by atoms with Crippen LogP contribution in [0.5, 0.6) is 5.75 Å². The van der Waals surface area contributed by atoms with Gasteiger partial charge in [-0.1, -0.05) is 30.3 Å². The molecule has 4 heteroatoms. The third-order valence-corrected chi connectivity index (χ3v) is 5.16. The van der Waals surface area contributed by atoms with E-state index in [1.54, 1.807) is 7.11 Å². The van der Waals surface area contributed by atoms with Crippen LogP contribution in [0.25, 0.3) is 10.9 Å². The number of fused-ring (bicyclic) bond motifs is 3. The summed E-state index contributed by atoms with van der Waals surface area (Å²) in [5.41, 5.74) is 4.44. The van der Waals surface area contributed by atoms with Gasteiger partial charge >= 0.3 is 5.97 Å². The van der Waals surface area contributed by atoms with Gasteiger partial charge in [-0.05, 0) is 48.6 Å². The second-order valence-corrected chi connectivity index (χ2v) is 6.60. The molecule has 1 atom stereocenters. The van der Waals surface area contributed by atoms with Crippen molar-refractivity contribution in [1.82, 2.24) is 4.57 Å². The van der Waals surface area contributed by atoms with Gasteiger partial charge in [0.2, 0.25) is 0 Å². The van der Waals surface area contributed by atoms with Gasteiger partial charge in [-0.15, -0.1) is 0 Å². The highest BCUT2D eigenvalue weighted by Crippen LogP contribution is 2.40. The van der Waals surface area contributed by atoms with Crippen LogP contribution in [0.2, 0.25) is 0 Å². The first kappa shape index (κ1) is 15.8. The topological polar surface area (TPSA) is 51.5 Å². The van der Waals surface area contributed by atoms with E-state index < -0.39 is 11.9 Å². The van der Waals surface area contributed by atoms with Crippen LogP contribution in [-0.4, -0.2) is 22.8 Å². The average Bonchev–Trinajstić information content (AvgIpc) is 2.95. The third-order valence-electron chi connectivity index (χ3n) is 5.16. The zero-order valence-corrected chi connectivity index (χ0v) is 14.2. The van der Waals surface area contributed by atoms with Crippen LogP contribution in [0.15, 0.2) is 48.5 Å². The number of ether oxygens (including phenoxy) is 1. The largest absolute Gasteiger partial charge is 0.497 e. The Morgan fingerprint density at radius 3 is 2.76 bits per heavy atom. The van der Waals surface area contributed by atoms with Crippen molar-refractivity contribution in [2.24, 2.45) is 0 Å². The monoisotopic (exact) mass is 335 g/mol. The van der Waals surface area contributed by atoms with Gasteiger partial charge in [-0.3, -0.25) is 4.79 Å². The molecule has 1 heterocycles. The Hall–Kier alpha value is -2.75. The lowest BCUT2D eigenvalue weighted by molar-refractivity contribution is -0.139. The number of hydrogen-bond donors (Lipinski definition) is 1. The molecule has 0 fully saturated rings. The highest BCUT2D eigenvalue weighted by Gasteiger charge is 2.32. The minimum atomic E-state index is -0.734. The molecule has 0 saturated heterocycles. The second-order valence-electron chi connectivity index (χ2n) is 6.60. The Morgan fingerprint density at radius 2 is 2.04 bits per heavy atom. The van der Waals surface area contributed by atoms with Crippen LogP contribution in [0.4, 0.5) is 0 Å². The third kappa shape index (κ3) is 2.68. The molecule has 25 heavy (non-hydrogen) atoms. The summed E-state index contributed by atoms with van der Waals surface area (Å²) in [4.78, 5) is 11.8. The van der Waals surface area contributed by atoms with E-state index in [-0.39, 0.29) is 0 Å². The van der Waals surface area contributed by atoms with Crippen LogP contribution in [0.1, 0.15) is 35.6 Å². The van der Waals surface area contributed by atoms with Crippen molar-refractivity contribution in [1.29, 1.82) is 0 Å². The number of hydrogen-bond acceptors (Lipinski definition) is 2. The molecule has 1 aliphatic carbocycles. The SMILES string of the molecule is COc1ccc2c(c1)c1c(n2Cc2ccccc2)CCC[C@@H]1C(=O)O. The van der Waals surface area contributed by atoms with E-state index in [0.717, 1.165) is 47.3 Å². The van der Waals surface area contributed by atoms with Crippen LogP contribution in [-0.2, 0) is 17.8 Å². The summed E-state index contributed by atoms with van der Waals surface area (Å²) >= 11 is 0. The van der Waals surface area contributed by atoms with Gasteiger partial charge in [0, 0.05) is 23.1 Å². The molecule has 0 bridgehead atoms. The fourth-order valence-corrected chi connectivity index (χ4v) is 4.01. The molecule has 0 spiro atoms. The van der Waals surface area contributed by atoms with E-state index in [0.29, 0.717) is 6.42 Å². The Bertz CT molecular complexity index is 927. The predicted molar refractivity (Wildman–Crippen MR) is 97.3 cm³/mol. The average molecular weight is 335 g/mol. The molecule has 128 valence electrons. The summed E-state index contributed by atoms with van der Waals surface area (Å²) in [6.07, 6.45) is 2.53. The Kier molecular flexibility index (Phi) is 3.96. The number of rotatable bonds is 4. The lowest BCUT2D eigenvalue weighted by Gasteiger charge is -2.21. The first-order valence-corrected chi connectivity index (χ1v) is 8.64. The van der Waals surface area contributed by atoms with Gasteiger partial charge < -0.3 is 14.4 Å². The van der Waals surface area contributed by atoms with Crippen molar-refractivity contribution in [2.45, 2.75) is 31.7 Å². The summed E-state index contributed by atoms with van der Waals surface area (Å²) in [6, 6.07) is 16.3. The molecule has 1 aromatic heterocycles. The first-order valence-electron chi connectivity index (χ1n) is 8.64. The van der Waals surface area contributed by atoms with Crippen LogP contribution < -0.4 is 4.74 Å². The number of carboxylic acid groups (broad SMARTS) is 1. The number of carbonyl (C=O) groups is 1. The van der Waals surface area contributed by atoms with Crippen molar-refractivity contribution in [3.8, 4) is 5.75 Å². The lowest BCUT2D eigenvalue weighted by atomic mass is 9.85. The van der Waals surface area contributed by atoms with E-state index in [1.807, 2.05) is 36.4 Å². The zero-order chi connectivity index (χ0) is 17.4. The van der Waals surface area contributed by atoms with Gasteiger partial charge in [0.25, 0.3) is 0 Å². The molecule has 0 saturated carbocycles. The summed E-state index contributed by atoms with van der Waals surface area (Å²) in [6.45, 7) is 0.755. The molecular weight excluding hydrogens is 314 g/mol. The molecule has 1 N–H and O–H groups in total. The van der Waals surface area contributed by atoms with Crippen molar-refractivity contribution < 1.29 is 14.6 Å². The molecule has 2 aromatic carbocycles. The standard InChI is InChI=1S/C21H21NO3/c1-25-15-10-11-18-17(12-15)20-16(21(23)24)8-5-9-19(20)22(18)13-14-6-3-2-4-7-14/h2-4,6-7,10-12,16H,5,8-9,13H2,1H3,(H,23,24)/t16-/m0/s1. The van der Waals surface area contributed by atoms with Crippen molar-refractivity contribution in [3.63, 3.8) is 0 Å². The second kappa shape index (κ2) is 6.28. The van der Waals surface area contributed by atoms with Crippen LogP contribution in [0.3, 0.4) is 0 Å². The maximum absolute atomic E-state index is 11.8. The summed E-state index contributed by atoms with van der Waals surface area (Å²) in [7, 11) is 1.64. The number of methoxy groups -OCH3 is 1. The number of benzene rings is 2. The molecule has 0 radical (unpaired) electrons. The van der Waals surface area contributed by atoms with Crippen molar-refractivity contribution in [2.75, 3.05) is 7.11 Å². The lowest BCUT2D eigenvalue weighted by Crippen LogP contribution is -2.19. The van der Waals surface area contributed by atoms with Gasteiger partial charge in [-0.2, -0.15) is 0 Å². The summed E-state index contributed by atoms with van der Waals surface area (Å²) in [5, 5.41) is 10.7. The highest BCUT2D eigenvalue weighted by molar-refractivity contribution is 5.92. The van der Waals surface area contributed by atoms with Gasteiger partial charge in [0.1, 0.15) is 5.75 Å². The van der Waals surface area contributed by atoms with E-state index in [1.165, 1.54) is 5.56 Å². The highest BCUT2D eigenvalue weighted by atomic mass is 16.5. The number of nitrogens with zero attached hydrogens (tertiary/aromatic N) is 1. The molecule has 0 amide bonds. The van der Waals surface area contributed by atoms with Crippen LogP contribution in [0, 0.1) is 0 Å². The van der Waals surface area contributed by atoms with E-state index in [2.05, 4.69) is 16.7 Å². The van der Waals surface area contributed by atoms with Gasteiger partial charge in [-0.25, -0.2) is 0 Å². The zero-order valence-electron chi connectivity index (χ0n) is 14.2. The first-order chi connectivity index (χ1) is 12.2. The van der Waals surface area contributed by atoms with Gasteiger partial charge in [0.15, 0.2) is 0 Å². The van der Waals surface area contributed by atoms with Gasteiger partial charge in [0.05, 0.1) is 13.0 Å². The number of carboxylic acids is 1. The van der Waals surface area contributed by atoms with Crippen LogP contribution >= 0.6 is 0 Å². The van der Waals surface area contributed by atoms with Crippen molar-refractivity contribution >= 4 is 16.9 Å². The molecule has 1 aliphatic rings. The van der Waals surface area contributed by atoms with E-state index >= 15 is 0 Å². The summed E-state index contributed by atoms with van der Waals surface area (Å²) < 4.78 is 7.67. The fraction of sp³-hybridized carbons (Fsp3) is 0.286. The maximum Gasteiger partial charge on any atom is 0.311 e. The smallest absolute Gasteiger partial charge is 0.311 e. The molecule has 0 aliphatic heterocycles. The number of aliphatic carboxylic acids is 1. The summed E-state index contributed by atoms with van der Waals surface area (Å²) in [5.74, 6) is -0.403. The maximum atomic E-state index is 11.8. The predicted octanol–water partition coefficient (Wildman–Crippen LogP) is 4.20.